The summed E-state index contributed by atoms with van der Waals surface area (Å²) in [5.41, 5.74) is 0.440. The highest BCUT2D eigenvalue weighted by Crippen LogP contribution is 2.15. The van der Waals surface area contributed by atoms with Gasteiger partial charge in [0.25, 0.3) is 0 Å². The van der Waals surface area contributed by atoms with Gasteiger partial charge in [-0.05, 0) is 12.8 Å². The van der Waals surface area contributed by atoms with Crippen LogP contribution >= 0.6 is 0 Å². The molecule has 0 aliphatic heterocycles. The molecule has 0 aromatic carbocycles. The Morgan fingerprint density at radius 3 is 2.79 bits per heavy atom. The van der Waals surface area contributed by atoms with Crippen molar-refractivity contribution in [3.8, 4) is 0 Å². The third-order valence-corrected chi connectivity index (χ3v) is 2.43. The van der Waals surface area contributed by atoms with E-state index in [2.05, 4.69) is 4.98 Å². The first-order valence-electron chi connectivity index (χ1n) is 4.47. The SMILES string of the molecule is O=Cc1c[nH]c2c(c1=O)C(=O)CCC2. The Balaban J connectivity index is 2.72. The van der Waals surface area contributed by atoms with Crippen LogP contribution in [0.15, 0.2) is 11.0 Å². The zero-order valence-electron chi connectivity index (χ0n) is 7.50. The second-order valence-electron chi connectivity index (χ2n) is 3.32. The molecule has 0 atom stereocenters. The molecular weight excluding hydrogens is 182 g/mol. The van der Waals surface area contributed by atoms with Crippen molar-refractivity contribution < 1.29 is 9.59 Å². The number of carbonyl (C=O) groups excluding carboxylic acids is 2. The van der Waals surface area contributed by atoms with E-state index >= 15 is 0 Å². The van der Waals surface area contributed by atoms with E-state index in [1.54, 1.807) is 0 Å². The summed E-state index contributed by atoms with van der Waals surface area (Å²) in [4.78, 5) is 36.3. The van der Waals surface area contributed by atoms with Crippen LogP contribution in [0.5, 0.6) is 0 Å². The van der Waals surface area contributed by atoms with Crippen molar-refractivity contribution in [3.63, 3.8) is 0 Å². The number of hydrogen-bond donors (Lipinski definition) is 1. The molecule has 0 amide bonds. The van der Waals surface area contributed by atoms with Crippen LogP contribution in [0.3, 0.4) is 0 Å². The van der Waals surface area contributed by atoms with Gasteiger partial charge in [-0.3, -0.25) is 14.4 Å². The number of hydrogen-bond acceptors (Lipinski definition) is 3. The predicted octanol–water partition coefficient (Wildman–Crippen LogP) is 0.706. The van der Waals surface area contributed by atoms with Crippen molar-refractivity contribution in [2.75, 3.05) is 0 Å². The largest absolute Gasteiger partial charge is 0.363 e. The van der Waals surface area contributed by atoms with E-state index in [0.29, 0.717) is 24.8 Å². The molecule has 1 heterocycles. The van der Waals surface area contributed by atoms with Crippen LogP contribution in [0.4, 0.5) is 0 Å². The lowest BCUT2D eigenvalue weighted by atomic mass is 9.93. The summed E-state index contributed by atoms with van der Waals surface area (Å²) in [6.45, 7) is 0. The summed E-state index contributed by atoms with van der Waals surface area (Å²) >= 11 is 0. The maximum Gasteiger partial charge on any atom is 0.203 e. The molecule has 1 N–H and O–H groups in total. The first-order valence-corrected chi connectivity index (χ1v) is 4.47. The Hall–Kier alpha value is -1.71. The number of fused-ring (bicyclic) bond motifs is 1. The number of aryl methyl sites for hydroxylation is 1. The van der Waals surface area contributed by atoms with Crippen LogP contribution < -0.4 is 5.43 Å². The van der Waals surface area contributed by atoms with E-state index in [-0.39, 0.29) is 16.9 Å². The monoisotopic (exact) mass is 191 g/mol. The molecule has 0 bridgehead atoms. The number of aromatic nitrogens is 1. The molecule has 14 heavy (non-hydrogen) atoms. The quantitative estimate of drug-likeness (QED) is 0.664. The summed E-state index contributed by atoms with van der Waals surface area (Å²) in [6, 6.07) is 0. The summed E-state index contributed by atoms with van der Waals surface area (Å²) in [5, 5.41) is 0. The van der Waals surface area contributed by atoms with Crippen molar-refractivity contribution in [2.45, 2.75) is 19.3 Å². The Bertz CT molecular complexity index is 459. The van der Waals surface area contributed by atoms with Crippen LogP contribution in [-0.2, 0) is 6.42 Å². The van der Waals surface area contributed by atoms with Crippen LogP contribution in [0.1, 0.15) is 39.3 Å². The average Bonchev–Trinajstić information content (AvgIpc) is 2.18. The number of nitrogens with one attached hydrogen (secondary N) is 1. The predicted molar refractivity (Wildman–Crippen MR) is 49.7 cm³/mol. The van der Waals surface area contributed by atoms with E-state index in [9.17, 15) is 14.4 Å². The standard InChI is InChI=1S/C10H9NO3/c12-5-6-4-11-7-2-1-3-8(13)9(7)10(6)14/h4-5H,1-3H2,(H,11,14). The highest BCUT2D eigenvalue weighted by Gasteiger charge is 2.21. The van der Waals surface area contributed by atoms with E-state index in [1.165, 1.54) is 6.20 Å². The highest BCUT2D eigenvalue weighted by molar-refractivity contribution is 5.99. The first-order chi connectivity index (χ1) is 6.74. The molecular formula is C10H9NO3. The van der Waals surface area contributed by atoms with E-state index in [0.717, 1.165) is 6.42 Å². The average molecular weight is 191 g/mol. The minimum Gasteiger partial charge on any atom is -0.363 e. The lowest BCUT2D eigenvalue weighted by molar-refractivity contribution is 0.0970. The molecule has 0 radical (unpaired) electrons. The number of ketones is 1. The maximum atomic E-state index is 11.6. The molecule has 1 aliphatic carbocycles. The molecule has 0 saturated carbocycles. The lowest BCUT2D eigenvalue weighted by Crippen LogP contribution is -2.25. The normalized spacial score (nSPS) is 15.0. The second-order valence-corrected chi connectivity index (χ2v) is 3.32. The lowest BCUT2D eigenvalue weighted by Gasteiger charge is -2.13. The van der Waals surface area contributed by atoms with Gasteiger partial charge in [0.1, 0.15) is 0 Å². The molecule has 1 aromatic heterocycles. The third kappa shape index (κ3) is 1.19. The molecule has 2 rings (SSSR count). The van der Waals surface area contributed by atoms with Crippen LogP contribution in [-0.4, -0.2) is 17.1 Å². The van der Waals surface area contributed by atoms with Crippen molar-refractivity contribution in [3.05, 3.63) is 33.2 Å². The first kappa shape index (κ1) is 8.87. The van der Waals surface area contributed by atoms with Gasteiger partial charge >= 0.3 is 0 Å². The van der Waals surface area contributed by atoms with Crippen LogP contribution in [0.25, 0.3) is 0 Å². The molecule has 4 heteroatoms. The number of carbonyl (C=O) groups is 2. The van der Waals surface area contributed by atoms with Crippen LogP contribution in [0.2, 0.25) is 0 Å². The Morgan fingerprint density at radius 1 is 1.29 bits per heavy atom. The van der Waals surface area contributed by atoms with E-state index < -0.39 is 5.43 Å². The number of pyridine rings is 1. The number of Topliss-reactive ketones (excluding diaryl/α,β-unsaturated/α-hetero) is 1. The van der Waals surface area contributed by atoms with Gasteiger partial charge in [0, 0.05) is 18.3 Å². The van der Waals surface area contributed by atoms with Crippen molar-refractivity contribution in [2.24, 2.45) is 0 Å². The fourth-order valence-corrected chi connectivity index (χ4v) is 1.71. The maximum absolute atomic E-state index is 11.6. The Labute approximate surface area is 80.0 Å². The minimum atomic E-state index is -0.432. The number of aldehydes is 1. The van der Waals surface area contributed by atoms with Gasteiger partial charge < -0.3 is 4.98 Å². The zero-order chi connectivity index (χ0) is 10.1. The van der Waals surface area contributed by atoms with Gasteiger partial charge in [-0.2, -0.15) is 0 Å². The molecule has 0 saturated heterocycles. The topological polar surface area (TPSA) is 67.0 Å². The molecule has 0 spiro atoms. The summed E-state index contributed by atoms with van der Waals surface area (Å²) in [7, 11) is 0. The molecule has 1 aromatic rings. The van der Waals surface area contributed by atoms with E-state index in [1.807, 2.05) is 0 Å². The molecule has 4 nitrogen and oxygen atoms in total. The summed E-state index contributed by atoms with van der Waals surface area (Å²) in [6.07, 6.45) is 3.71. The minimum absolute atomic E-state index is 0.0269. The van der Waals surface area contributed by atoms with Gasteiger partial charge in [0.05, 0.1) is 11.1 Å². The van der Waals surface area contributed by atoms with Crippen molar-refractivity contribution in [1.82, 2.24) is 4.98 Å². The highest BCUT2D eigenvalue weighted by atomic mass is 16.1. The molecule has 72 valence electrons. The number of rotatable bonds is 1. The second kappa shape index (κ2) is 3.21. The fraction of sp³-hybridized carbons (Fsp3) is 0.300. The van der Waals surface area contributed by atoms with Gasteiger partial charge in [-0.1, -0.05) is 0 Å². The molecule has 1 aliphatic rings. The Kier molecular flexibility index (Phi) is 2.04. The third-order valence-electron chi connectivity index (χ3n) is 2.43. The Morgan fingerprint density at radius 2 is 2.07 bits per heavy atom. The van der Waals surface area contributed by atoms with E-state index in [4.69, 9.17) is 0 Å². The summed E-state index contributed by atoms with van der Waals surface area (Å²) < 4.78 is 0. The number of aromatic amines is 1. The van der Waals surface area contributed by atoms with Crippen molar-refractivity contribution in [1.29, 1.82) is 0 Å². The number of H-pyrrole nitrogens is 1. The molecule has 0 unspecified atom stereocenters. The fourth-order valence-electron chi connectivity index (χ4n) is 1.71. The smallest absolute Gasteiger partial charge is 0.203 e. The van der Waals surface area contributed by atoms with Crippen molar-refractivity contribution >= 4 is 12.1 Å². The zero-order valence-corrected chi connectivity index (χ0v) is 7.50. The summed E-state index contributed by atoms with van der Waals surface area (Å²) in [5.74, 6) is -0.156. The molecule has 0 fully saturated rings. The van der Waals surface area contributed by atoms with Gasteiger partial charge in [0.2, 0.25) is 5.43 Å². The van der Waals surface area contributed by atoms with Gasteiger partial charge in [0.15, 0.2) is 12.1 Å². The van der Waals surface area contributed by atoms with Gasteiger partial charge in [-0.25, -0.2) is 0 Å². The van der Waals surface area contributed by atoms with Gasteiger partial charge in [-0.15, -0.1) is 0 Å². The van der Waals surface area contributed by atoms with Crippen LogP contribution in [0, 0.1) is 0 Å².